The van der Waals surface area contributed by atoms with Gasteiger partial charge in [-0.1, -0.05) is 43.3 Å². The number of aliphatic hydroxyl groups is 6. The third kappa shape index (κ3) is 12.9. The number of methoxy groups -OCH3 is 1. The van der Waals surface area contributed by atoms with Crippen LogP contribution in [0.25, 0.3) is 0 Å². The van der Waals surface area contributed by atoms with E-state index in [0.717, 1.165) is 256 Å². The van der Waals surface area contributed by atoms with E-state index in [-0.39, 0.29) is 95.4 Å². The quantitative estimate of drug-likeness (QED) is 0.0168. The van der Waals surface area contributed by atoms with Crippen LogP contribution in [-0.4, -0.2) is 308 Å². The Bertz CT molecular complexity index is 5890. The molecule has 15 fully saturated rings. The number of nitrogens with one attached hydrogen (secondary N) is 1. The summed E-state index contributed by atoms with van der Waals surface area (Å²) in [5.74, 6) is 7.59. The van der Waals surface area contributed by atoms with Crippen LogP contribution in [-0.2, 0) is 73.5 Å². The first kappa shape index (κ1) is 92.4. The highest BCUT2D eigenvalue weighted by atomic mass is 35.5. The molecule has 1 amide bonds. The molecule has 29 heteroatoms. The second kappa shape index (κ2) is 33.0. The number of halogens is 2. The molecule has 0 radical (unpaired) electrons. The standard InChI is InChI=1S/C25H30N2O6.C24H32Cl2N2O3.C21H27NO4.C21H25NO3.C20H26N2O3/c1-32-20(30)7-6-19(29)26-16-8-9-25(31)18-12-15-4-5-17(28)22-21(15)24(25,23(16)33-22)10-11-27(18)13-14-2-3-14;25-8-11-27(12-9-26)17-5-6-24(30)19-13-16-3-4-18(29)21-20(16)23(24,22(17)31-21)7-10-28(19)14-15-1-2-15;23-14-5-4-13-10-16-21(25)7-6-15(24)19-20(21,17(13)18(14)26-19)8-9-22(16)11-12-2-1-3-12;1-12-6-7-21(24)16-10-14-4-5-15(23)18-17(14)20(21,19(12)25-18)8-9-22(16)11-13-2-3-13;21-13-5-6-20(24)15-9-12-3-4-14(23)17-16(12)19(20,18(13)25-17)7-8-22(15)10-11-1-2-11/h4-7,14,16,18,23,28,31H,2-3,8-13H2,1H3,(H,26,29);3-4,15,17,19,22,29-30H,1-2,5-14H2;4-5,12,15-16,19,23-25H,1-3,6-11H2;4-5,13,16,19,23-24H,1-3,6-11H2;3-4,11,13,15,18,23-24H,1-2,5-10,21H2/b7-6+;;;;/t16-,18-,23+,24+,25-;17-,19-,22+,23+,24-;15-,16+,19-,20-,21+;16-,19+,20+,21-;13-,15-,18+,19+,20-/m11011/s1. The van der Waals surface area contributed by atoms with Crippen molar-refractivity contribution in [3.8, 4) is 57.5 Å². The smallest absolute Gasteiger partial charge is 0.330 e. The molecule has 24 atom stereocenters. The number of phenols is 5. The number of phenolic OH excluding ortho intramolecular Hbond substituents is 5. The van der Waals surface area contributed by atoms with Crippen molar-refractivity contribution >= 4 is 35.1 Å². The van der Waals surface area contributed by atoms with Crippen LogP contribution >= 0.6 is 23.2 Å². The van der Waals surface area contributed by atoms with Crippen molar-refractivity contribution in [2.24, 2.45) is 35.3 Å². The summed E-state index contributed by atoms with van der Waals surface area (Å²) in [5.41, 5.74) is 11.9. The Morgan fingerprint density at radius 1 is 0.429 bits per heavy atom. The van der Waals surface area contributed by atoms with Crippen molar-refractivity contribution < 1.29 is 94.2 Å². The van der Waals surface area contributed by atoms with Gasteiger partial charge < -0.3 is 95.6 Å². The molecule has 10 aliphatic heterocycles. The molecule has 10 heterocycles. The first-order chi connectivity index (χ1) is 67.5. The Morgan fingerprint density at radius 2 is 0.764 bits per heavy atom. The Morgan fingerprint density at radius 3 is 1.16 bits per heavy atom. The Hall–Kier alpha value is -7.42. The van der Waals surface area contributed by atoms with Crippen LogP contribution in [0.1, 0.15) is 223 Å². The van der Waals surface area contributed by atoms with Gasteiger partial charge in [0.25, 0.3) is 0 Å². The third-order valence-electron chi connectivity index (χ3n) is 41.4. The Kier molecular flexibility index (Phi) is 21.8. The van der Waals surface area contributed by atoms with E-state index in [2.05, 4.69) is 52.1 Å². The van der Waals surface area contributed by atoms with Gasteiger partial charge in [0.15, 0.2) is 57.5 Å². The number of esters is 1. The van der Waals surface area contributed by atoms with Crippen molar-refractivity contribution in [1.29, 1.82) is 0 Å². The fourth-order valence-electron chi connectivity index (χ4n) is 34.3. The summed E-state index contributed by atoms with van der Waals surface area (Å²) < 4.78 is 36.3. The Balaban J connectivity index is 0.0000000904. The largest absolute Gasteiger partial charge is 0.504 e. The number of carbonyl (C=O) groups is 2. The molecule has 30 rings (SSSR count). The molecular weight excluding hydrogens is 1820 g/mol. The van der Waals surface area contributed by atoms with Gasteiger partial charge in [-0.15, -0.1) is 23.2 Å². The SMILES string of the molecule is C=C1CC[C@@]2(O)[C@H]3Cc4ccc(O)c5c4[C@@]2(CCN3CC2CC2)[C@H]1O5.COC(=O)/C=C/C(=O)N[C@@H]1CC[C@@]2(O)[C@H]3Cc4ccc(O)c5c4[C@@]2(CCN3CC2CC2)[C@H]1O5.N[C@@H]1CC[C@@]2(O)[C@H]3Cc4ccc(O)c5c4[C@@]2(CCN3CC2CC2)[C@H]1O5.Oc1ccc2c3c1O[C@H]1[C@@H](O)CC[C@@]4(O)[C@@H](C2)N(CC2CCC2)CC[C@]314.Oc1ccc2c3c1O[C@H]1[C@H](N(CCCl)CCCl)CC[C@@]4(O)[C@@H](C2)N(CC2CC2)CC[C@]314. The van der Waals surface area contributed by atoms with Gasteiger partial charge in [-0.25, -0.2) is 4.79 Å². The number of hydrogen-bond donors (Lipinski definition) is 13. The number of piperidine rings is 5. The van der Waals surface area contributed by atoms with Crippen LogP contribution in [0.15, 0.2) is 85.0 Å². The van der Waals surface area contributed by atoms with Crippen LogP contribution in [0.2, 0.25) is 0 Å². The molecule has 25 aliphatic rings. The zero-order valence-corrected chi connectivity index (χ0v) is 82.1. The first-order valence-electron chi connectivity index (χ1n) is 53.5. The summed E-state index contributed by atoms with van der Waals surface area (Å²) >= 11 is 12.3. The summed E-state index contributed by atoms with van der Waals surface area (Å²) in [5, 5.41) is 127. The molecule has 5 spiro atoms. The molecule has 140 heavy (non-hydrogen) atoms. The van der Waals surface area contributed by atoms with Crippen LogP contribution < -0.4 is 34.7 Å². The molecule has 27 nitrogen and oxygen atoms in total. The minimum Gasteiger partial charge on any atom is -0.504 e. The van der Waals surface area contributed by atoms with Crippen molar-refractivity contribution in [2.45, 2.75) is 339 Å². The molecule has 0 unspecified atom stereocenters. The fraction of sp³-hybridized carbons (Fsp3) is 0.676. The van der Waals surface area contributed by atoms with Crippen molar-refractivity contribution in [1.82, 2.24) is 34.7 Å². The maximum absolute atomic E-state index is 12.6. The van der Waals surface area contributed by atoms with E-state index in [4.69, 9.17) is 52.6 Å². The van der Waals surface area contributed by atoms with E-state index in [1.807, 2.05) is 24.3 Å². The molecule has 5 aromatic carbocycles. The summed E-state index contributed by atoms with van der Waals surface area (Å²) in [7, 11) is 1.26. The van der Waals surface area contributed by atoms with Gasteiger partial charge in [-0.2, -0.15) is 0 Å². The molecule has 15 aliphatic carbocycles. The lowest BCUT2D eigenvalue weighted by molar-refractivity contribution is -0.209. The predicted octanol–water partition coefficient (Wildman–Crippen LogP) is 9.78. The number of aliphatic hydroxyl groups excluding tert-OH is 1. The number of amides is 1. The second-order valence-electron chi connectivity index (χ2n) is 47.8. The second-order valence-corrected chi connectivity index (χ2v) is 48.5. The van der Waals surface area contributed by atoms with Crippen LogP contribution in [0, 0.1) is 29.6 Å². The molecule has 10 saturated carbocycles. The lowest BCUT2D eigenvalue weighted by Crippen LogP contribution is -2.78. The maximum Gasteiger partial charge on any atom is 0.330 e. The molecule has 14 N–H and O–H groups in total. The number of aromatic hydroxyl groups is 5. The van der Waals surface area contributed by atoms with Crippen molar-refractivity contribution in [3.63, 3.8) is 0 Å². The van der Waals surface area contributed by atoms with E-state index in [1.165, 1.54) is 100.0 Å². The number of alkyl halides is 2. The van der Waals surface area contributed by atoms with Crippen LogP contribution in [0.5, 0.6) is 57.5 Å². The lowest BCUT2D eigenvalue weighted by Gasteiger charge is -2.65. The number of benzene rings is 5. The monoisotopic (exact) mass is 1960 g/mol. The zero-order valence-electron chi connectivity index (χ0n) is 80.6. The Labute approximate surface area is 829 Å². The number of likely N-dealkylation sites (tertiary alicyclic amines) is 5. The summed E-state index contributed by atoms with van der Waals surface area (Å²) in [6.07, 6.45) is 29.7. The molecule has 5 saturated heterocycles. The van der Waals surface area contributed by atoms with Gasteiger partial charge in [0.05, 0.1) is 74.3 Å². The van der Waals surface area contributed by atoms with Crippen molar-refractivity contribution in [2.75, 3.05) is 97.4 Å². The lowest BCUT2D eigenvalue weighted by atomic mass is 9.48. The number of rotatable bonds is 18. The number of carbonyl (C=O) groups excluding carboxylic acids is 2. The molecule has 10 bridgehead atoms. The van der Waals surface area contributed by atoms with E-state index in [0.29, 0.717) is 72.6 Å². The minimum atomic E-state index is -0.986. The summed E-state index contributed by atoms with van der Waals surface area (Å²) in [6.45, 7) is 16.0. The molecule has 752 valence electrons. The van der Waals surface area contributed by atoms with Crippen LogP contribution in [0.3, 0.4) is 0 Å². The third-order valence-corrected chi connectivity index (χ3v) is 41.7. The van der Waals surface area contributed by atoms with Gasteiger partial charge >= 0.3 is 5.97 Å². The van der Waals surface area contributed by atoms with E-state index in [1.54, 1.807) is 30.3 Å². The van der Waals surface area contributed by atoms with Gasteiger partial charge in [0.2, 0.25) is 5.91 Å². The average molecular weight is 1960 g/mol. The average Bonchev–Trinajstić information content (AvgIpc) is 1.48. The summed E-state index contributed by atoms with van der Waals surface area (Å²) in [6, 6.07) is 19.0. The van der Waals surface area contributed by atoms with E-state index in [9.17, 15) is 65.8 Å². The van der Waals surface area contributed by atoms with E-state index >= 15 is 0 Å². The normalized spacial score (nSPS) is 40.4. The number of ether oxygens (including phenoxy) is 6. The van der Waals surface area contributed by atoms with Gasteiger partial charge in [0, 0.05) is 140 Å². The number of nitrogens with two attached hydrogens (primary N) is 1. The molecule has 0 aromatic heterocycles. The van der Waals surface area contributed by atoms with E-state index < -0.39 is 85.3 Å². The number of nitrogens with zero attached hydrogens (tertiary/aromatic N) is 6. The van der Waals surface area contributed by atoms with Gasteiger partial charge in [-0.05, 0) is 319 Å². The molecular formula is C111H140Cl2N8O19. The highest BCUT2D eigenvalue weighted by Crippen LogP contribution is 2.73. The molecule has 5 aromatic rings. The fourth-order valence-corrected chi connectivity index (χ4v) is 34.7. The van der Waals surface area contributed by atoms with Crippen molar-refractivity contribution in [3.05, 3.63) is 141 Å². The first-order valence-corrected chi connectivity index (χ1v) is 54.6. The van der Waals surface area contributed by atoms with Crippen LogP contribution in [0.4, 0.5) is 0 Å². The topological polar surface area (TPSA) is 370 Å². The van der Waals surface area contributed by atoms with Gasteiger partial charge in [0.1, 0.15) is 30.5 Å². The minimum absolute atomic E-state index is 0.00295. The summed E-state index contributed by atoms with van der Waals surface area (Å²) in [4.78, 5) is 39.0. The van der Waals surface area contributed by atoms with Gasteiger partial charge in [-0.3, -0.25) is 34.2 Å². The zero-order chi connectivity index (χ0) is 96.0. The predicted molar refractivity (Wildman–Crippen MR) is 522 cm³/mol. The highest BCUT2D eigenvalue weighted by Gasteiger charge is 2.80. The highest BCUT2D eigenvalue weighted by molar-refractivity contribution is 6.18. The number of hydrogen-bond acceptors (Lipinski definition) is 26. The maximum atomic E-state index is 12.6.